The highest BCUT2D eigenvalue weighted by molar-refractivity contribution is 8.14. The SMILES string of the molecule is SC1(Cl)Nc2ccccc2S1. The number of rotatable bonds is 0. The standard InChI is InChI=1S/C7H6ClNS2/c8-7(10)9-5-3-1-2-4-6(5)11-7/h1-4,9-10H. The van der Waals surface area contributed by atoms with Crippen LogP contribution in [0.2, 0.25) is 0 Å². The van der Waals surface area contributed by atoms with Crippen molar-refractivity contribution in [3.8, 4) is 0 Å². The second kappa shape index (κ2) is 2.51. The Balaban J connectivity index is 2.41. The molecule has 0 fully saturated rings. The average molecular weight is 204 g/mol. The van der Waals surface area contributed by atoms with Gasteiger partial charge in [0.1, 0.15) is 0 Å². The molecule has 1 nitrogen and oxygen atoms in total. The van der Waals surface area contributed by atoms with E-state index in [0.29, 0.717) is 0 Å². The summed E-state index contributed by atoms with van der Waals surface area (Å²) in [7, 11) is 0. The van der Waals surface area contributed by atoms with Crippen LogP contribution >= 0.6 is 36.0 Å². The first-order chi connectivity index (χ1) is 5.17. The lowest BCUT2D eigenvalue weighted by molar-refractivity contribution is 1.33. The van der Waals surface area contributed by atoms with E-state index in [1.807, 2.05) is 24.3 Å². The van der Waals surface area contributed by atoms with Gasteiger partial charge in [-0.05, 0) is 12.1 Å². The van der Waals surface area contributed by atoms with Gasteiger partial charge in [0.25, 0.3) is 0 Å². The zero-order valence-corrected chi connectivity index (χ0v) is 8.01. The maximum atomic E-state index is 5.95. The molecule has 4 heteroatoms. The minimum Gasteiger partial charge on any atom is -0.349 e. The summed E-state index contributed by atoms with van der Waals surface area (Å²) in [6.07, 6.45) is 0. The van der Waals surface area contributed by atoms with Crippen molar-refractivity contribution in [1.29, 1.82) is 0 Å². The number of thioether (sulfide) groups is 1. The summed E-state index contributed by atoms with van der Waals surface area (Å²) < 4.78 is -0.663. The van der Waals surface area contributed by atoms with Gasteiger partial charge < -0.3 is 5.32 Å². The monoisotopic (exact) mass is 203 g/mol. The van der Waals surface area contributed by atoms with E-state index >= 15 is 0 Å². The Morgan fingerprint density at radius 3 is 2.91 bits per heavy atom. The number of anilines is 1. The van der Waals surface area contributed by atoms with Crippen molar-refractivity contribution in [3.05, 3.63) is 24.3 Å². The molecule has 1 N–H and O–H groups in total. The minimum atomic E-state index is -0.663. The maximum absolute atomic E-state index is 5.95. The van der Waals surface area contributed by atoms with E-state index < -0.39 is 3.66 Å². The first-order valence-corrected chi connectivity index (χ1v) is 4.79. The van der Waals surface area contributed by atoms with Gasteiger partial charge in [0.05, 0.1) is 5.69 Å². The third-order valence-corrected chi connectivity index (χ3v) is 3.08. The first-order valence-electron chi connectivity index (χ1n) is 3.15. The van der Waals surface area contributed by atoms with Crippen molar-refractivity contribution in [2.45, 2.75) is 8.56 Å². The fourth-order valence-corrected chi connectivity index (χ4v) is 2.59. The molecule has 11 heavy (non-hydrogen) atoms. The zero-order chi connectivity index (χ0) is 7.90. The Bertz CT molecular complexity index is 261. The molecule has 2 rings (SSSR count). The molecule has 0 saturated carbocycles. The van der Waals surface area contributed by atoms with E-state index in [1.54, 1.807) is 0 Å². The number of fused-ring (bicyclic) bond motifs is 1. The third kappa shape index (κ3) is 1.45. The van der Waals surface area contributed by atoms with Crippen LogP contribution in [0.4, 0.5) is 5.69 Å². The molecule has 1 aliphatic heterocycles. The number of hydrogen-bond acceptors (Lipinski definition) is 3. The summed E-state index contributed by atoms with van der Waals surface area (Å²) in [5.41, 5.74) is 1.06. The van der Waals surface area contributed by atoms with Gasteiger partial charge in [-0.2, -0.15) is 0 Å². The van der Waals surface area contributed by atoms with E-state index in [0.717, 1.165) is 10.6 Å². The highest BCUT2D eigenvalue weighted by Gasteiger charge is 2.31. The second-order valence-corrected chi connectivity index (χ2v) is 5.57. The van der Waals surface area contributed by atoms with Crippen molar-refractivity contribution >= 4 is 41.7 Å². The van der Waals surface area contributed by atoms with Gasteiger partial charge in [0.2, 0.25) is 3.66 Å². The second-order valence-electron chi connectivity index (χ2n) is 2.28. The van der Waals surface area contributed by atoms with Crippen molar-refractivity contribution in [2.75, 3.05) is 5.32 Å². The third-order valence-electron chi connectivity index (χ3n) is 1.42. The fourth-order valence-electron chi connectivity index (χ4n) is 0.996. The molecule has 0 radical (unpaired) electrons. The Morgan fingerprint density at radius 2 is 2.18 bits per heavy atom. The summed E-state index contributed by atoms with van der Waals surface area (Å²) in [4.78, 5) is 1.15. The van der Waals surface area contributed by atoms with E-state index in [2.05, 4.69) is 17.9 Å². The maximum Gasteiger partial charge on any atom is 0.209 e. The van der Waals surface area contributed by atoms with Crippen molar-refractivity contribution in [2.24, 2.45) is 0 Å². The largest absolute Gasteiger partial charge is 0.349 e. The molecule has 0 bridgehead atoms. The first kappa shape index (κ1) is 7.65. The van der Waals surface area contributed by atoms with Crippen LogP contribution in [0.5, 0.6) is 0 Å². The highest BCUT2D eigenvalue weighted by atomic mass is 35.5. The molecule has 1 aromatic carbocycles. The van der Waals surface area contributed by atoms with Crippen LogP contribution in [-0.4, -0.2) is 3.66 Å². The van der Waals surface area contributed by atoms with Gasteiger partial charge in [-0.25, -0.2) is 0 Å². The summed E-state index contributed by atoms with van der Waals surface area (Å²) in [5, 5.41) is 3.07. The van der Waals surface area contributed by atoms with Crippen LogP contribution in [0, 0.1) is 0 Å². The summed E-state index contributed by atoms with van der Waals surface area (Å²) in [5.74, 6) is 0. The Labute approximate surface area is 79.9 Å². The van der Waals surface area contributed by atoms with Crippen LogP contribution in [0.15, 0.2) is 29.2 Å². The van der Waals surface area contributed by atoms with Crippen LogP contribution < -0.4 is 5.32 Å². The summed E-state index contributed by atoms with van der Waals surface area (Å²) >= 11 is 11.7. The molecule has 58 valence electrons. The molecule has 1 unspecified atom stereocenters. The normalized spacial score (nSPS) is 27.8. The lowest BCUT2D eigenvalue weighted by Gasteiger charge is -2.11. The Hall–Kier alpha value is 0.01000. The number of para-hydroxylation sites is 1. The van der Waals surface area contributed by atoms with Crippen LogP contribution in [0.3, 0.4) is 0 Å². The molecule has 0 saturated heterocycles. The quantitative estimate of drug-likeness (QED) is 0.382. The minimum absolute atomic E-state index is 0.663. The number of alkyl halides is 1. The Morgan fingerprint density at radius 1 is 1.45 bits per heavy atom. The molecule has 1 heterocycles. The predicted octanol–water partition coefficient (Wildman–Crippen LogP) is 2.98. The lowest BCUT2D eigenvalue weighted by Crippen LogP contribution is -2.13. The number of nitrogens with one attached hydrogen (secondary N) is 1. The molecule has 0 amide bonds. The van der Waals surface area contributed by atoms with E-state index in [1.165, 1.54) is 11.8 Å². The average Bonchev–Trinajstić information content (AvgIpc) is 2.21. The van der Waals surface area contributed by atoms with Gasteiger partial charge in [-0.3, -0.25) is 0 Å². The van der Waals surface area contributed by atoms with Gasteiger partial charge in [0.15, 0.2) is 0 Å². The molecule has 1 atom stereocenters. The molecule has 0 aliphatic carbocycles. The van der Waals surface area contributed by atoms with Gasteiger partial charge in [-0.1, -0.05) is 35.5 Å². The highest BCUT2D eigenvalue weighted by Crippen LogP contribution is 2.49. The van der Waals surface area contributed by atoms with Gasteiger partial charge >= 0.3 is 0 Å². The van der Waals surface area contributed by atoms with Crippen molar-refractivity contribution in [3.63, 3.8) is 0 Å². The molecule has 1 aromatic rings. The van der Waals surface area contributed by atoms with Crippen LogP contribution in [0.1, 0.15) is 0 Å². The smallest absolute Gasteiger partial charge is 0.209 e. The molecule has 0 aromatic heterocycles. The lowest BCUT2D eigenvalue weighted by atomic mass is 10.3. The fraction of sp³-hybridized carbons (Fsp3) is 0.143. The van der Waals surface area contributed by atoms with E-state index in [4.69, 9.17) is 11.6 Å². The zero-order valence-electron chi connectivity index (χ0n) is 5.54. The number of thiol groups is 1. The molecule has 1 aliphatic rings. The van der Waals surface area contributed by atoms with Crippen LogP contribution in [-0.2, 0) is 0 Å². The number of benzene rings is 1. The van der Waals surface area contributed by atoms with Crippen molar-refractivity contribution < 1.29 is 0 Å². The topological polar surface area (TPSA) is 12.0 Å². The molecular weight excluding hydrogens is 198 g/mol. The van der Waals surface area contributed by atoms with Crippen molar-refractivity contribution in [1.82, 2.24) is 0 Å². The van der Waals surface area contributed by atoms with Gasteiger partial charge in [0, 0.05) is 4.90 Å². The molecule has 0 spiro atoms. The predicted molar refractivity (Wildman–Crippen MR) is 53.5 cm³/mol. The Kier molecular flexibility index (Phi) is 1.74. The van der Waals surface area contributed by atoms with Crippen LogP contribution in [0.25, 0.3) is 0 Å². The number of hydrogen-bond donors (Lipinski definition) is 2. The van der Waals surface area contributed by atoms with Gasteiger partial charge in [-0.15, -0.1) is 12.6 Å². The number of halogens is 1. The summed E-state index contributed by atoms with van der Waals surface area (Å²) in [6.45, 7) is 0. The van der Waals surface area contributed by atoms with E-state index in [-0.39, 0.29) is 0 Å². The summed E-state index contributed by atoms with van der Waals surface area (Å²) in [6, 6.07) is 7.97. The van der Waals surface area contributed by atoms with E-state index in [9.17, 15) is 0 Å². The molecular formula is C7H6ClNS2.